The van der Waals surface area contributed by atoms with Crippen LogP contribution in [-0.4, -0.2) is 12.5 Å². The minimum Gasteiger partial charge on any atom is -0.355 e. The number of amides is 1. The number of hydrogen-bond acceptors (Lipinski definition) is 2. The first-order valence-corrected chi connectivity index (χ1v) is 8.20. The number of carbonyl (C=O) groups is 1. The average Bonchev–Trinajstić information content (AvgIpc) is 2.53. The number of carbonyl (C=O) groups excluding carboxylic acids is 1. The molecular formula is C19H22ClFN2O. The quantitative estimate of drug-likeness (QED) is 0.830. The first-order valence-electron chi connectivity index (χ1n) is 7.82. The van der Waals surface area contributed by atoms with Crippen molar-refractivity contribution in [2.45, 2.75) is 31.7 Å². The molecule has 2 aromatic rings. The fourth-order valence-electron chi connectivity index (χ4n) is 2.54. The topological polar surface area (TPSA) is 55.1 Å². The van der Waals surface area contributed by atoms with Gasteiger partial charge in [-0.25, -0.2) is 4.39 Å². The molecule has 1 unspecified atom stereocenters. The summed E-state index contributed by atoms with van der Waals surface area (Å²) in [6, 6.07) is 13.5. The van der Waals surface area contributed by atoms with Gasteiger partial charge in [-0.15, -0.1) is 0 Å². The van der Waals surface area contributed by atoms with E-state index in [1.807, 2.05) is 44.2 Å². The number of hydrogen-bond donors (Lipinski definition) is 2. The third kappa shape index (κ3) is 4.79. The molecule has 1 amide bonds. The molecule has 0 saturated heterocycles. The Morgan fingerprint density at radius 3 is 2.54 bits per heavy atom. The molecule has 2 rings (SSSR count). The summed E-state index contributed by atoms with van der Waals surface area (Å²) in [5.41, 5.74) is 7.36. The van der Waals surface area contributed by atoms with Gasteiger partial charge in [-0.05, 0) is 23.3 Å². The lowest BCUT2D eigenvalue weighted by molar-refractivity contribution is -0.121. The zero-order chi connectivity index (χ0) is 17.7. The molecule has 0 aliphatic rings. The molecule has 0 heterocycles. The van der Waals surface area contributed by atoms with Gasteiger partial charge in [-0.1, -0.05) is 61.8 Å². The summed E-state index contributed by atoms with van der Waals surface area (Å²) < 4.78 is 13.2. The van der Waals surface area contributed by atoms with Crippen LogP contribution in [0.1, 0.15) is 37.4 Å². The fraction of sp³-hybridized carbons (Fsp3) is 0.316. The van der Waals surface area contributed by atoms with E-state index in [1.54, 1.807) is 6.07 Å². The van der Waals surface area contributed by atoms with Crippen LogP contribution in [0.3, 0.4) is 0 Å². The van der Waals surface area contributed by atoms with Gasteiger partial charge in [0.15, 0.2) is 0 Å². The third-order valence-electron chi connectivity index (χ3n) is 4.02. The predicted octanol–water partition coefficient (Wildman–Crippen LogP) is 3.96. The lowest BCUT2D eigenvalue weighted by Gasteiger charge is -2.27. The highest BCUT2D eigenvalue weighted by Gasteiger charge is 2.24. The maximum absolute atomic E-state index is 13.2. The van der Waals surface area contributed by atoms with E-state index in [-0.39, 0.29) is 24.2 Å². The molecule has 0 spiro atoms. The van der Waals surface area contributed by atoms with E-state index in [4.69, 9.17) is 17.3 Å². The van der Waals surface area contributed by atoms with E-state index in [9.17, 15) is 9.18 Å². The van der Waals surface area contributed by atoms with Crippen molar-refractivity contribution in [2.24, 2.45) is 5.73 Å². The van der Waals surface area contributed by atoms with Crippen molar-refractivity contribution in [3.05, 3.63) is 70.5 Å². The normalized spacial score (nSPS) is 12.7. The van der Waals surface area contributed by atoms with E-state index in [2.05, 4.69) is 5.32 Å². The molecule has 0 aromatic heterocycles. The van der Waals surface area contributed by atoms with Gasteiger partial charge in [0.25, 0.3) is 0 Å². The van der Waals surface area contributed by atoms with Crippen molar-refractivity contribution in [3.63, 3.8) is 0 Å². The van der Waals surface area contributed by atoms with Gasteiger partial charge < -0.3 is 11.1 Å². The van der Waals surface area contributed by atoms with Crippen LogP contribution in [0.25, 0.3) is 0 Å². The molecule has 3 nitrogen and oxygen atoms in total. The Hall–Kier alpha value is -1.91. The van der Waals surface area contributed by atoms with Crippen LogP contribution in [-0.2, 0) is 10.2 Å². The van der Waals surface area contributed by atoms with E-state index in [1.165, 1.54) is 12.1 Å². The van der Waals surface area contributed by atoms with Crippen molar-refractivity contribution < 1.29 is 9.18 Å². The summed E-state index contributed by atoms with van der Waals surface area (Å²) in [6.07, 6.45) is 0.206. The lowest BCUT2D eigenvalue weighted by atomic mass is 9.84. The third-order valence-corrected chi connectivity index (χ3v) is 4.33. The molecular weight excluding hydrogens is 327 g/mol. The molecule has 128 valence electrons. The maximum Gasteiger partial charge on any atom is 0.221 e. The molecule has 1 atom stereocenters. The Labute approximate surface area is 147 Å². The monoisotopic (exact) mass is 348 g/mol. The molecule has 0 radical (unpaired) electrons. The van der Waals surface area contributed by atoms with Gasteiger partial charge in [0.05, 0.1) is 0 Å². The van der Waals surface area contributed by atoms with Gasteiger partial charge in [0.1, 0.15) is 5.82 Å². The van der Waals surface area contributed by atoms with Crippen LogP contribution in [0.5, 0.6) is 0 Å². The van der Waals surface area contributed by atoms with Crippen LogP contribution >= 0.6 is 11.6 Å². The molecule has 0 fully saturated rings. The molecule has 0 saturated carbocycles. The summed E-state index contributed by atoms with van der Waals surface area (Å²) in [4.78, 5) is 12.2. The lowest BCUT2D eigenvalue weighted by Crippen LogP contribution is -2.38. The van der Waals surface area contributed by atoms with Crippen LogP contribution in [0.15, 0.2) is 48.5 Å². The van der Waals surface area contributed by atoms with Crippen molar-refractivity contribution in [3.8, 4) is 0 Å². The Bertz CT molecular complexity index is 704. The van der Waals surface area contributed by atoms with Gasteiger partial charge in [0, 0.05) is 29.4 Å². The summed E-state index contributed by atoms with van der Waals surface area (Å²) in [6.45, 7) is 4.28. The highest BCUT2D eigenvalue weighted by atomic mass is 35.5. The number of halogens is 2. The van der Waals surface area contributed by atoms with Gasteiger partial charge in [-0.3, -0.25) is 4.79 Å². The zero-order valence-corrected chi connectivity index (χ0v) is 14.6. The highest BCUT2D eigenvalue weighted by molar-refractivity contribution is 6.31. The standard InChI is InChI=1S/C19H22ClFN2O/c1-19(2,15-9-8-14(21)10-16(15)20)12-23-18(24)11-17(22)13-6-4-3-5-7-13/h3-10,17H,11-12,22H2,1-2H3,(H,23,24). The minimum absolute atomic E-state index is 0.127. The second kappa shape index (κ2) is 7.77. The summed E-state index contributed by atoms with van der Waals surface area (Å²) >= 11 is 6.12. The van der Waals surface area contributed by atoms with E-state index >= 15 is 0 Å². The largest absolute Gasteiger partial charge is 0.355 e. The van der Waals surface area contributed by atoms with Gasteiger partial charge in [-0.2, -0.15) is 0 Å². The molecule has 0 aliphatic heterocycles. The Morgan fingerprint density at radius 2 is 1.92 bits per heavy atom. The second-order valence-corrected chi connectivity index (χ2v) is 6.91. The van der Waals surface area contributed by atoms with Crippen molar-refractivity contribution >= 4 is 17.5 Å². The molecule has 5 heteroatoms. The Kier molecular flexibility index (Phi) is 5.97. The zero-order valence-electron chi connectivity index (χ0n) is 13.9. The SMILES string of the molecule is CC(C)(CNC(=O)CC(N)c1ccccc1)c1ccc(F)cc1Cl. The number of nitrogens with two attached hydrogens (primary N) is 1. The maximum atomic E-state index is 13.2. The summed E-state index contributed by atoms with van der Waals surface area (Å²) in [5, 5.41) is 3.25. The fourth-order valence-corrected chi connectivity index (χ4v) is 2.97. The first kappa shape index (κ1) is 18.4. The van der Waals surface area contributed by atoms with Crippen LogP contribution in [0.4, 0.5) is 4.39 Å². The van der Waals surface area contributed by atoms with Crippen molar-refractivity contribution in [2.75, 3.05) is 6.54 Å². The van der Waals surface area contributed by atoms with Gasteiger partial charge >= 0.3 is 0 Å². The Morgan fingerprint density at radius 1 is 1.25 bits per heavy atom. The van der Waals surface area contributed by atoms with E-state index in [0.29, 0.717) is 11.6 Å². The first-order chi connectivity index (χ1) is 11.3. The number of nitrogens with one attached hydrogen (secondary N) is 1. The number of benzene rings is 2. The molecule has 24 heavy (non-hydrogen) atoms. The second-order valence-electron chi connectivity index (χ2n) is 6.51. The molecule has 2 aromatic carbocycles. The van der Waals surface area contributed by atoms with Crippen molar-refractivity contribution in [1.29, 1.82) is 0 Å². The van der Waals surface area contributed by atoms with Gasteiger partial charge in [0.2, 0.25) is 5.91 Å². The van der Waals surface area contributed by atoms with Crippen molar-refractivity contribution in [1.82, 2.24) is 5.32 Å². The van der Waals surface area contributed by atoms with E-state index in [0.717, 1.165) is 11.1 Å². The minimum atomic E-state index is -0.419. The summed E-state index contributed by atoms with van der Waals surface area (Å²) in [7, 11) is 0. The van der Waals surface area contributed by atoms with Crippen LogP contribution < -0.4 is 11.1 Å². The predicted molar refractivity (Wildman–Crippen MR) is 95.4 cm³/mol. The van der Waals surface area contributed by atoms with Crippen LogP contribution in [0, 0.1) is 5.82 Å². The Balaban J connectivity index is 1.95. The van der Waals surface area contributed by atoms with E-state index < -0.39 is 5.41 Å². The number of rotatable bonds is 6. The molecule has 0 aliphatic carbocycles. The molecule has 3 N–H and O–H groups in total. The smallest absolute Gasteiger partial charge is 0.221 e. The van der Waals surface area contributed by atoms with Crippen LogP contribution in [0.2, 0.25) is 5.02 Å². The highest BCUT2D eigenvalue weighted by Crippen LogP contribution is 2.30. The average molecular weight is 349 g/mol. The molecule has 0 bridgehead atoms. The summed E-state index contributed by atoms with van der Waals surface area (Å²) in [5.74, 6) is -0.505.